The van der Waals surface area contributed by atoms with Gasteiger partial charge in [-0.3, -0.25) is 4.79 Å². The number of rotatable bonds is 4. The molecule has 0 radical (unpaired) electrons. The van der Waals surface area contributed by atoms with E-state index in [1.165, 1.54) is 23.6 Å². The zero-order valence-electron chi connectivity index (χ0n) is 14.0. The molecule has 0 aromatic heterocycles. The normalized spacial score (nSPS) is 23.8. The molecule has 1 amide bonds. The van der Waals surface area contributed by atoms with Crippen LogP contribution in [0.15, 0.2) is 35.2 Å². The number of nitrogens with zero attached hydrogens (tertiary/aromatic N) is 1. The molecule has 1 aliphatic carbocycles. The maximum absolute atomic E-state index is 12.7. The Morgan fingerprint density at radius 2 is 1.71 bits per heavy atom. The summed E-state index contributed by atoms with van der Waals surface area (Å²) in [6, 6.07) is 8.75. The van der Waals surface area contributed by atoms with E-state index < -0.39 is 10.0 Å². The molecule has 6 heteroatoms. The highest BCUT2D eigenvalue weighted by atomic mass is 32.2. The lowest BCUT2D eigenvalue weighted by atomic mass is 9.93. The van der Waals surface area contributed by atoms with Gasteiger partial charge in [0, 0.05) is 19.1 Å². The second-order valence-electron chi connectivity index (χ2n) is 6.86. The number of benzene rings is 1. The first kappa shape index (κ1) is 17.4. The van der Waals surface area contributed by atoms with Crippen LogP contribution in [0.5, 0.6) is 0 Å². The highest BCUT2D eigenvalue weighted by molar-refractivity contribution is 7.89. The summed E-state index contributed by atoms with van der Waals surface area (Å²) < 4.78 is 26.9. The first-order valence-electron chi connectivity index (χ1n) is 8.93. The van der Waals surface area contributed by atoms with Crippen molar-refractivity contribution in [3.63, 3.8) is 0 Å². The van der Waals surface area contributed by atoms with E-state index in [-0.39, 0.29) is 24.4 Å². The van der Waals surface area contributed by atoms with Crippen LogP contribution in [0.1, 0.15) is 44.9 Å². The van der Waals surface area contributed by atoms with Crippen molar-refractivity contribution < 1.29 is 13.2 Å². The quantitative estimate of drug-likeness (QED) is 0.907. The third-order valence-electron chi connectivity index (χ3n) is 5.09. The Balaban J connectivity index is 1.64. The Kier molecular flexibility index (Phi) is 5.56. The van der Waals surface area contributed by atoms with Crippen molar-refractivity contribution in [2.45, 2.75) is 55.9 Å². The topological polar surface area (TPSA) is 66.5 Å². The Bertz CT molecular complexity index is 654. The van der Waals surface area contributed by atoms with Crippen LogP contribution in [0, 0.1) is 5.92 Å². The van der Waals surface area contributed by atoms with E-state index in [0.29, 0.717) is 11.4 Å². The summed E-state index contributed by atoms with van der Waals surface area (Å²) in [6.45, 7) is 0.778. The SMILES string of the molecule is O=C(NC1CCCCC1)[C@@H]1CCCN(S(=O)(=O)c2ccccc2)C1. The van der Waals surface area contributed by atoms with E-state index in [9.17, 15) is 13.2 Å². The van der Waals surface area contributed by atoms with E-state index in [1.807, 2.05) is 0 Å². The molecular formula is C18H26N2O3S. The Morgan fingerprint density at radius 3 is 2.42 bits per heavy atom. The van der Waals surface area contributed by atoms with Gasteiger partial charge < -0.3 is 5.32 Å². The second-order valence-corrected chi connectivity index (χ2v) is 8.80. The molecule has 2 aliphatic rings. The molecular weight excluding hydrogens is 324 g/mol. The molecule has 5 nitrogen and oxygen atoms in total. The van der Waals surface area contributed by atoms with E-state index in [0.717, 1.165) is 25.7 Å². The van der Waals surface area contributed by atoms with Crippen molar-refractivity contribution in [1.82, 2.24) is 9.62 Å². The molecule has 1 aromatic rings. The highest BCUT2D eigenvalue weighted by Crippen LogP contribution is 2.25. The zero-order chi connectivity index (χ0) is 17.0. The lowest BCUT2D eigenvalue weighted by Crippen LogP contribution is -2.47. The van der Waals surface area contributed by atoms with E-state index >= 15 is 0 Å². The number of carbonyl (C=O) groups excluding carboxylic acids is 1. The summed E-state index contributed by atoms with van der Waals surface area (Å²) in [5.74, 6) is -0.214. The minimum atomic E-state index is -3.51. The van der Waals surface area contributed by atoms with Gasteiger partial charge in [0.15, 0.2) is 0 Å². The molecule has 0 bridgehead atoms. The van der Waals surface area contributed by atoms with Gasteiger partial charge >= 0.3 is 0 Å². The van der Waals surface area contributed by atoms with Crippen LogP contribution in [0.2, 0.25) is 0 Å². The van der Waals surface area contributed by atoms with Crippen LogP contribution in [0.3, 0.4) is 0 Å². The first-order valence-corrected chi connectivity index (χ1v) is 10.4. The lowest BCUT2D eigenvalue weighted by Gasteiger charge is -2.32. The molecule has 24 heavy (non-hydrogen) atoms. The van der Waals surface area contributed by atoms with Crippen molar-refractivity contribution in [3.05, 3.63) is 30.3 Å². The molecule has 1 N–H and O–H groups in total. The average Bonchev–Trinajstić information content (AvgIpc) is 2.63. The van der Waals surface area contributed by atoms with Gasteiger partial charge in [0.1, 0.15) is 0 Å². The lowest BCUT2D eigenvalue weighted by molar-refractivity contribution is -0.127. The number of hydrogen-bond acceptors (Lipinski definition) is 3. The first-order chi connectivity index (χ1) is 11.6. The molecule has 132 valence electrons. The molecule has 2 fully saturated rings. The van der Waals surface area contributed by atoms with E-state index in [2.05, 4.69) is 5.32 Å². The highest BCUT2D eigenvalue weighted by Gasteiger charge is 2.33. The number of piperidine rings is 1. The fraction of sp³-hybridized carbons (Fsp3) is 0.611. The predicted molar refractivity (Wildman–Crippen MR) is 92.9 cm³/mol. The Morgan fingerprint density at radius 1 is 1.00 bits per heavy atom. The van der Waals surface area contributed by atoms with E-state index in [1.54, 1.807) is 30.3 Å². The van der Waals surface area contributed by atoms with Gasteiger partial charge in [-0.05, 0) is 37.8 Å². The van der Waals surface area contributed by atoms with E-state index in [4.69, 9.17) is 0 Å². The van der Waals surface area contributed by atoms with Crippen molar-refractivity contribution in [2.75, 3.05) is 13.1 Å². The number of carbonyl (C=O) groups is 1. The molecule has 1 atom stereocenters. The number of hydrogen-bond donors (Lipinski definition) is 1. The number of sulfonamides is 1. The van der Waals surface area contributed by atoms with Crippen molar-refractivity contribution >= 4 is 15.9 Å². The standard InChI is InChI=1S/C18H26N2O3S/c21-18(19-16-9-3-1-4-10-16)15-8-7-13-20(14-15)24(22,23)17-11-5-2-6-12-17/h2,5-6,11-12,15-16H,1,3-4,7-10,13-14H2,(H,19,21)/t15-/m1/s1. The third kappa shape index (κ3) is 3.98. The van der Waals surface area contributed by atoms with Crippen molar-refractivity contribution in [1.29, 1.82) is 0 Å². The molecule has 0 spiro atoms. The molecule has 0 unspecified atom stereocenters. The fourth-order valence-corrected chi connectivity index (χ4v) is 5.23. The minimum Gasteiger partial charge on any atom is -0.353 e. The smallest absolute Gasteiger partial charge is 0.243 e. The van der Waals surface area contributed by atoms with Gasteiger partial charge in [0.2, 0.25) is 15.9 Å². The van der Waals surface area contributed by atoms with Crippen LogP contribution in [0.4, 0.5) is 0 Å². The maximum Gasteiger partial charge on any atom is 0.243 e. The van der Waals surface area contributed by atoms with Crippen LogP contribution in [-0.4, -0.2) is 37.8 Å². The number of amides is 1. The molecule has 1 heterocycles. The maximum atomic E-state index is 12.7. The van der Waals surface area contributed by atoms with Gasteiger partial charge in [-0.2, -0.15) is 4.31 Å². The van der Waals surface area contributed by atoms with Gasteiger partial charge in [-0.25, -0.2) is 8.42 Å². The zero-order valence-corrected chi connectivity index (χ0v) is 14.8. The van der Waals surface area contributed by atoms with Crippen LogP contribution in [0.25, 0.3) is 0 Å². The molecule has 1 saturated carbocycles. The van der Waals surface area contributed by atoms with Gasteiger partial charge in [-0.15, -0.1) is 0 Å². The largest absolute Gasteiger partial charge is 0.353 e. The average molecular weight is 350 g/mol. The van der Waals surface area contributed by atoms with Crippen LogP contribution in [-0.2, 0) is 14.8 Å². The second kappa shape index (κ2) is 7.66. The third-order valence-corrected chi connectivity index (χ3v) is 6.97. The summed E-state index contributed by atoms with van der Waals surface area (Å²) in [7, 11) is -3.51. The van der Waals surface area contributed by atoms with Crippen molar-refractivity contribution in [2.24, 2.45) is 5.92 Å². The molecule has 1 aromatic carbocycles. The molecule has 1 aliphatic heterocycles. The Hall–Kier alpha value is -1.40. The number of nitrogens with one attached hydrogen (secondary N) is 1. The van der Waals surface area contributed by atoms with Gasteiger partial charge in [0.25, 0.3) is 0 Å². The van der Waals surface area contributed by atoms with Crippen LogP contribution >= 0.6 is 0 Å². The summed E-state index contributed by atoms with van der Waals surface area (Å²) in [5.41, 5.74) is 0. The fourth-order valence-electron chi connectivity index (χ4n) is 3.68. The summed E-state index contributed by atoms with van der Waals surface area (Å²) in [4.78, 5) is 12.8. The summed E-state index contributed by atoms with van der Waals surface area (Å²) in [5, 5.41) is 3.14. The predicted octanol–water partition coefficient (Wildman–Crippen LogP) is 2.54. The summed E-state index contributed by atoms with van der Waals surface area (Å²) in [6.07, 6.45) is 7.18. The molecule has 3 rings (SSSR count). The monoisotopic (exact) mass is 350 g/mol. The summed E-state index contributed by atoms with van der Waals surface area (Å²) >= 11 is 0. The minimum absolute atomic E-state index is 0.0230. The van der Waals surface area contributed by atoms with Gasteiger partial charge in [0.05, 0.1) is 10.8 Å². The van der Waals surface area contributed by atoms with Gasteiger partial charge in [-0.1, -0.05) is 37.5 Å². The van der Waals surface area contributed by atoms with Crippen molar-refractivity contribution in [3.8, 4) is 0 Å². The van der Waals surface area contributed by atoms with Crippen LogP contribution < -0.4 is 5.32 Å². The molecule has 1 saturated heterocycles. The Labute approximate surface area is 144 Å².